The van der Waals surface area contributed by atoms with Gasteiger partial charge in [0.15, 0.2) is 11.6 Å². The van der Waals surface area contributed by atoms with Gasteiger partial charge in [-0.25, -0.2) is 4.98 Å². The van der Waals surface area contributed by atoms with Crippen LogP contribution in [0.4, 0.5) is 19.0 Å². The summed E-state index contributed by atoms with van der Waals surface area (Å²) >= 11 is 0. The second-order valence-electron chi connectivity index (χ2n) is 5.47. The summed E-state index contributed by atoms with van der Waals surface area (Å²) in [6.45, 7) is 1.39. The molecule has 3 nitrogen and oxygen atoms in total. The summed E-state index contributed by atoms with van der Waals surface area (Å²) in [6, 6.07) is 9.46. The van der Waals surface area contributed by atoms with Crippen molar-refractivity contribution in [2.24, 2.45) is 0 Å². The van der Waals surface area contributed by atoms with Crippen molar-refractivity contribution in [3.05, 3.63) is 48.2 Å². The number of ether oxygens (including phenoxy) is 1. The first kappa shape index (κ1) is 15.6. The number of hydrogen-bond donors (Lipinski definition) is 0. The largest absolute Gasteiger partial charge is 0.453 e. The Balaban J connectivity index is 2.04. The number of benzene rings is 1. The standard InChI is InChI=1S/C17H17F3N2O/c18-17(19,20)14-9-10-21-16(22-11-5-2-6-12-22)15(14)23-13-7-3-1-4-8-13/h1,3-4,7-10H,2,5-6,11-12H2. The SMILES string of the molecule is FC(F)(F)c1ccnc(N2CCCCC2)c1Oc1ccccc1. The zero-order valence-electron chi connectivity index (χ0n) is 12.5. The lowest BCUT2D eigenvalue weighted by molar-refractivity contribution is -0.138. The van der Waals surface area contributed by atoms with E-state index in [9.17, 15) is 13.2 Å². The van der Waals surface area contributed by atoms with Crippen LogP contribution in [0.1, 0.15) is 24.8 Å². The van der Waals surface area contributed by atoms with E-state index in [1.807, 2.05) is 4.90 Å². The van der Waals surface area contributed by atoms with Gasteiger partial charge in [-0.2, -0.15) is 13.2 Å². The van der Waals surface area contributed by atoms with E-state index in [4.69, 9.17) is 4.74 Å². The number of para-hydroxylation sites is 1. The first-order valence-corrected chi connectivity index (χ1v) is 7.60. The first-order valence-electron chi connectivity index (χ1n) is 7.60. The number of pyridine rings is 1. The van der Waals surface area contributed by atoms with Crippen LogP contribution in [0.5, 0.6) is 11.5 Å². The molecular formula is C17H17F3N2O. The topological polar surface area (TPSA) is 25.4 Å². The van der Waals surface area contributed by atoms with Gasteiger partial charge in [-0.15, -0.1) is 0 Å². The molecule has 0 atom stereocenters. The second kappa shape index (κ2) is 6.48. The van der Waals surface area contributed by atoms with Crippen molar-refractivity contribution in [3.63, 3.8) is 0 Å². The predicted molar refractivity (Wildman–Crippen MR) is 81.8 cm³/mol. The molecule has 1 aliphatic rings. The van der Waals surface area contributed by atoms with Crippen molar-refractivity contribution in [3.8, 4) is 11.5 Å². The molecule has 6 heteroatoms. The summed E-state index contributed by atoms with van der Waals surface area (Å²) in [7, 11) is 0. The zero-order valence-corrected chi connectivity index (χ0v) is 12.5. The van der Waals surface area contributed by atoms with Crippen LogP contribution in [-0.2, 0) is 6.18 Å². The molecule has 1 saturated heterocycles. The van der Waals surface area contributed by atoms with Gasteiger partial charge in [0.05, 0.1) is 0 Å². The number of anilines is 1. The minimum Gasteiger partial charge on any atom is -0.453 e. The minimum atomic E-state index is -4.49. The third-order valence-corrected chi connectivity index (χ3v) is 3.81. The van der Waals surface area contributed by atoms with Gasteiger partial charge in [0.25, 0.3) is 0 Å². The molecule has 23 heavy (non-hydrogen) atoms. The molecule has 0 bridgehead atoms. The highest BCUT2D eigenvalue weighted by Crippen LogP contribution is 2.43. The maximum absolute atomic E-state index is 13.4. The number of aromatic nitrogens is 1. The fourth-order valence-electron chi connectivity index (χ4n) is 2.70. The molecule has 0 unspecified atom stereocenters. The van der Waals surface area contributed by atoms with E-state index >= 15 is 0 Å². The quantitative estimate of drug-likeness (QED) is 0.805. The monoisotopic (exact) mass is 322 g/mol. The molecule has 0 saturated carbocycles. The van der Waals surface area contributed by atoms with Crippen LogP contribution in [-0.4, -0.2) is 18.1 Å². The maximum atomic E-state index is 13.4. The fraction of sp³-hybridized carbons (Fsp3) is 0.353. The molecule has 122 valence electrons. The normalized spacial score (nSPS) is 15.5. The Hall–Kier alpha value is -2.24. The van der Waals surface area contributed by atoms with E-state index < -0.39 is 11.7 Å². The number of nitrogens with zero attached hydrogens (tertiary/aromatic N) is 2. The molecular weight excluding hydrogens is 305 g/mol. The molecule has 2 heterocycles. The van der Waals surface area contributed by atoms with Gasteiger partial charge in [0.1, 0.15) is 11.3 Å². The van der Waals surface area contributed by atoms with Crippen molar-refractivity contribution in [1.29, 1.82) is 0 Å². The zero-order chi connectivity index (χ0) is 16.3. The van der Waals surface area contributed by atoms with E-state index in [1.165, 1.54) is 6.20 Å². The lowest BCUT2D eigenvalue weighted by atomic mass is 10.1. The molecule has 0 spiro atoms. The number of halogens is 3. The van der Waals surface area contributed by atoms with E-state index in [2.05, 4.69) is 4.98 Å². The van der Waals surface area contributed by atoms with Gasteiger partial charge < -0.3 is 9.64 Å². The molecule has 1 aliphatic heterocycles. The van der Waals surface area contributed by atoms with E-state index in [0.717, 1.165) is 25.3 Å². The Morgan fingerprint density at radius 3 is 2.30 bits per heavy atom. The van der Waals surface area contributed by atoms with Crippen molar-refractivity contribution in [1.82, 2.24) is 4.98 Å². The predicted octanol–water partition coefficient (Wildman–Crippen LogP) is 4.88. The first-order chi connectivity index (χ1) is 11.1. The van der Waals surface area contributed by atoms with E-state index in [-0.39, 0.29) is 11.6 Å². The maximum Gasteiger partial charge on any atom is 0.420 e. The van der Waals surface area contributed by atoms with Gasteiger partial charge >= 0.3 is 6.18 Å². The molecule has 0 N–H and O–H groups in total. The summed E-state index contributed by atoms with van der Waals surface area (Å²) < 4.78 is 45.7. The second-order valence-corrected chi connectivity index (χ2v) is 5.47. The van der Waals surface area contributed by atoms with Crippen molar-refractivity contribution < 1.29 is 17.9 Å². The van der Waals surface area contributed by atoms with Gasteiger partial charge in [0.2, 0.25) is 0 Å². The highest BCUT2D eigenvalue weighted by molar-refractivity contribution is 5.59. The molecule has 0 amide bonds. The highest BCUT2D eigenvalue weighted by Gasteiger charge is 2.37. The van der Waals surface area contributed by atoms with Crippen LogP contribution in [0.15, 0.2) is 42.6 Å². The molecule has 0 radical (unpaired) electrons. The molecule has 3 rings (SSSR count). The molecule has 1 fully saturated rings. The number of rotatable bonds is 3. The Bertz CT molecular complexity index is 653. The molecule has 0 aliphatic carbocycles. The average Bonchev–Trinajstić information content (AvgIpc) is 2.56. The number of hydrogen-bond acceptors (Lipinski definition) is 3. The number of piperidine rings is 1. The van der Waals surface area contributed by atoms with Crippen LogP contribution in [0.3, 0.4) is 0 Å². The fourth-order valence-corrected chi connectivity index (χ4v) is 2.70. The lowest BCUT2D eigenvalue weighted by Gasteiger charge is -2.30. The highest BCUT2D eigenvalue weighted by atomic mass is 19.4. The van der Waals surface area contributed by atoms with Crippen LogP contribution >= 0.6 is 0 Å². The van der Waals surface area contributed by atoms with Crippen LogP contribution < -0.4 is 9.64 Å². The number of alkyl halides is 3. The summed E-state index contributed by atoms with van der Waals surface area (Å²) in [5, 5.41) is 0. The lowest BCUT2D eigenvalue weighted by Crippen LogP contribution is -2.31. The van der Waals surface area contributed by atoms with Gasteiger partial charge in [-0.1, -0.05) is 18.2 Å². The Labute approximate surface area is 132 Å². The molecule has 1 aromatic heterocycles. The van der Waals surface area contributed by atoms with Crippen LogP contribution in [0, 0.1) is 0 Å². The summed E-state index contributed by atoms with van der Waals surface area (Å²) in [5.41, 5.74) is -0.795. The minimum absolute atomic E-state index is 0.215. The Kier molecular flexibility index (Phi) is 4.41. The molecule has 1 aromatic carbocycles. The summed E-state index contributed by atoms with van der Waals surface area (Å²) in [5.74, 6) is 0.417. The van der Waals surface area contributed by atoms with E-state index in [1.54, 1.807) is 30.3 Å². The summed E-state index contributed by atoms with van der Waals surface area (Å²) in [6.07, 6.45) is -0.308. The average molecular weight is 322 g/mol. The third-order valence-electron chi connectivity index (χ3n) is 3.81. The van der Waals surface area contributed by atoms with Gasteiger partial charge in [-0.3, -0.25) is 0 Å². The van der Waals surface area contributed by atoms with E-state index in [0.29, 0.717) is 18.8 Å². The van der Waals surface area contributed by atoms with Crippen molar-refractivity contribution in [2.45, 2.75) is 25.4 Å². The third kappa shape index (κ3) is 3.57. The van der Waals surface area contributed by atoms with Gasteiger partial charge in [-0.05, 0) is 37.5 Å². The van der Waals surface area contributed by atoms with Crippen LogP contribution in [0.25, 0.3) is 0 Å². The van der Waals surface area contributed by atoms with Gasteiger partial charge in [0, 0.05) is 19.3 Å². The van der Waals surface area contributed by atoms with Crippen molar-refractivity contribution >= 4 is 5.82 Å². The summed E-state index contributed by atoms with van der Waals surface area (Å²) in [4.78, 5) is 6.05. The smallest absolute Gasteiger partial charge is 0.420 e. The van der Waals surface area contributed by atoms with Crippen LogP contribution in [0.2, 0.25) is 0 Å². The Morgan fingerprint density at radius 1 is 0.957 bits per heavy atom. The van der Waals surface area contributed by atoms with Crippen molar-refractivity contribution in [2.75, 3.05) is 18.0 Å². The molecule has 2 aromatic rings. The Morgan fingerprint density at radius 2 is 1.65 bits per heavy atom.